The van der Waals surface area contributed by atoms with Gasteiger partial charge in [0, 0.05) is 40.2 Å². The molecule has 0 saturated heterocycles. The first-order valence-electron chi connectivity index (χ1n) is 14.6. The summed E-state index contributed by atoms with van der Waals surface area (Å²) in [5.74, 6) is 0.677. The highest BCUT2D eigenvalue weighted by Crippen LogP contribution is 2.36. The summed E-state index contributed by atoms with van der Waals surface area (Å²) in [6.45, 7) is 0. The Morgan fingerprint density at radius 2 is 0.841 bits per heavy atom. The third kappa shape index (κ3) is 4.79. The van der Waals surface area contributed by atoms with Crippen LogP contribution in [0.25, 0.3) is 78.0 Å². The first-order valence-corrected chi connectivity index (χ1v) is 14.6. The number of benzene rings is 5. The fourth-order valence-corrected chi connectivity index (χ4v) is 5.80. The Morgan fingerprint density at radius 3 is 1.45 bits per heavy atom. The molecule has 3 aromatic heterocycles. The maximum atomic E-state index is 5.19. The van der Waals surface area contributed by atoms with Crippen molar-refractivity contribution in [1.29, 1.82) is 0 Å². The second-order valence-corrected chi connectivity index (χ2v) is 10.7. The van der Waals surface area contributed by atoms with E-state index >= 15 is 0 Å². The van der Waals surface area contributed by atoms with Gasteiger partial charge in [-0.25, -0.2) is 9.97 Å². The van der Waals surface area contributed by atoms with Crippen molar-refractivity contribution in [2.24, 2.45) is 0 Å². The highest BCUT2D eigenvalue weighted by atomic mass is 14.9. The number of aromatic nitrogens is 4. The van der Waals surface area contributed by atoms with Crippen molar-refractivity contribution in [1.82, 2.24) is 19.9 Å². The van der Waals surface area contributed by atoms with Crippen LogP contribution >= 0.6 is 0 Å². The van der Waals surface area contributed by atoms with E-state index in [1.54, 1.807) is 0 Å². The van der Waals surface area contributed by atoms with Crippen LogP contribution in [0.15, 0.2) is 158 Å². The SMILES string of the molecule is c1ccc(-c2ccc(-c3cc(-c4cc5ccccc5c5ccccc45)nc(-c4ccc(-c5ccccn5)cc4)n3)cc2)nc1. The minimum Gasteiger partial charge on any atom is -0.256 e. The average Bonchev–Trinajstić information content (AvgIpc) is 3.12. The van der Waals surface area contributed by atoms with Crippen molar-refractivity contribution in [2.75, 3.05) is 0 Å². The molecule has 0 aliphatic heterocycles. The molecule has 0 amide bonds. The lowest BCUT2D eigenvalue weighted by atomic mass is 9.95. The molecule has 4 nitrogen and oxygen atoms in total. The van der Waals surface area contributed by atoms with Crippen molar-refractivity contribution in [3.05, 3.63) is 158 Å². The zero-order valence-corrected chi connectivity index (χ0v) is 23.8. The molecular weight excluding hydrogens is 536 g/mol. The molecule has 206 valence electrons. The summed E-state index contributed by atoms with van der Waals surface area (Å²) in [6, 6.07) is 50.1. The Hall–Kier alpha value is -6.00. The van der Waals surface area contributed by atoms with E-state index in [0.717, 1.165) is 56.0 Å². The highest BCUT2D eigenvalue weighted by molar-refractivity contribution is 6.13. The quantitative estimate of drug-likeness (QED) is 0.196. The second-order valence-electron chi connectivity index (χ2n) is 10.7. The average molecular weight is 563 g/mol. The Morgan fingerprint density at radius 1 is 0.341 bits per heavy atom. The summed E-state index contributed by atoms with van der Waals surface area (Å²) in [6.07, 6.45) is 3.63. The van der Waals surface area contributed by atoms with Gasteiger partial charge in [0.05, 0.1) is 22.8 Å². The van der Waals surface area contributed by atoms with Gasteiger partial charge in [-0.2, -0.15) is 0 Å². The zero-order chi connectivity index (χ0) is 29.3. The highest BCUT2D eigenvalue weighted by Gasteiger charge is 2.15. The largest absolute Gasteiger partial charge is 0.256 e. The molecule has 5 aromatic carbocycles. The monoisotopic (exact) mass is 562 g/mol. The molecule has 0 saturated carbocycles. The van der Waals surface area contributed by atoms with E-state index < -0.39 is 0 Å². The summed E-state index contributed by atoms with van der Waals surface area (Å²) in [4.78, 5) is 19.3. The van der Waals surface area contributed by atoms with Gasteiger partial charge >= 0.3 is 0 Å². The van der Waals surface area contributed by atoms with Crippen molar-refractivity contribution in [2.45, 2.75) is 0 Å². The smallest absolute Gasteiger partial charge is 0.160 e. The first-order chi connectivity index (χ1) is 21.8. The molecule has 0 N–H and O–H groups in total. The van der Waals surface area contributed by atoms with E-state index in [4.69, 9.17) is 9.97 Å². The third-order valence-electron chi connectivity index (χ3n) is 8.02. The van der Waals surface area contributed by atoms with Crippen molar-refractivity contribution in [3.63, 3.8) is 0 Å². The van der Waals surface area contributed by atoms with E-state index in [2.05, 4.69) is 119 Å². The Kier molecular flexibility index (Phi) is 6.43. The molecular formula is C40H26N4. The van der Waals surface area contributed by atoms with E-state index in [-0.39, 0.29) is 0 Å². The molecule has 0 unspecified atom stereocenters. The number of nitrogens with zero attached hydrogens (tertiary/aromatic N) is 4. The van der Waals surface area contributed by atoms with Crippen LogP contribution in [0.2, 0.25) is 0 Å². The van der Waals surface area contributed by atoms with Crippen molar-refractivity contribution < 1.29 is 0 Å². The standard InChI is InChI=1S/C40H26N4/c1-2-10-32-31(9-1)25-35(34-12-4-3-11-33(32)34)39-26-38(29-17-15-27(16-18-29)36-13-5-7-23-41-36)43-40(44-39)30-21-19-28(20-22-30)37-14-6-8-24-42-37/h1-26H. The van der Waals surface area contributed by atoms with Crippen LogP contribution in [0.4, 0.5) is 0 Å². The van der Waals surface area contributed by atoms with E-state index in [1.807, 2.05) is 48.8 Å². The fraction of sp³-hybridized carbons (Fsp3) is 0. The minimum absolute atomic E-state index is 0.677. The van der Waals surface area contributed by atoms with Crippen LogP contribution in [0.3, 0.4) is 0 Å². The molecule has 44 heavy (non-hydrogen) atoms. The molecule has 4 heteroatoms. The van der Waals surface area contributed by atoms with Crippen LogP contribution in [0.1, 0.15) is 0 Å². The first kappa shape index (κ1) is 25.7. The Balaban J connectivity index is 1.30. The number of pyridine rings is 2. The lowest BCUT2D eigenvalue weighted by molar-refractivity contribution is 1.18. The number of fused-ring (bicyclic) bond motifs is 3. The van der Waals surface area contributed by atoms with Gasteiger partial charge in [0.1, 0.15) is 0 Å². The summed E-state index contributed by atoms with van der Waals surface area (Å²) in [5, 5.41) is 4.79. The van der Waals surface area contributed by atoms with Gasteiger partial charge < -0.3 is 0 Å². The van der Waals surface area contributed by atoms with Crippen LogP contribution in [0.5, 0.6) is 0 Å². The normalized spacial score (nSPS) is 11.2. The molecule has 0 bridgehead atoms. The zero-order valence-electron chi connectivity index (χ0n) is 23.8. The van der Waals surface area contributed by atoms with Gasteiger partial charge in [-0.1, -0.05) is 109 Å². The van der Waals surface area contributed by atoms with Gasteiger partial charge in [0.15, 0.2) is 5.82 Å². The van der Waals surface area contributed by atoms with Gasteiger partial charge in [0.2, 0.25) is 0 Å². The predicted molar refractivity (Wildman–Crippen MR) is 180 cm³/mol. The van der Waals surface area contributed by atoms with Crippen LogP contribution in [0, 0.1) is 0 Å². The summed E-state index contributed by atoms with van der Waals surface area (Å²) in [5.41, 5.74) is 8.79. The number of hydrogen-bond acceptors (Lipinski definition) is 4. The lowest BCUT2D eigenvalue weighted by Gasteiger charge is -2.13. The summed E-state index contributed by atoms with van der Waals surface area (Å²) < 4.78 is 0. The topological polar surface area (TPSA) is 51.6 Å². The van der Waals surface area contributed by atoms with E-state index in [1.165, 1.54) is 16.2 Å². The second kappa shape index (κ2) is 11.0. The molecule has 0 spiro atoms. The molecule has 0 fully saturated rings. The van der Waals surface area contributed by atoms with Gasteiger partial charge in [-0.15, -0.1) is 0 Å². The maximum Gasteiger partial charge on any atom is 0.160 e. The van der Waals surface area contributed by atoms with E-state index in [0.29, 0.717) is 5.82 Å². The Bertz CT molecular complexity index is 2140. The number of rotatable bonds is 5. The van der Waals surface area contributed by atoms with Gasteiger partial charge in [0.25, 0.3) is 0 Å². The van der Waals surface area contributed by atoms with Crippen LogP contribution < -0.4 is 0 Å². The van der Waals surface area contributed by atoms with Crippen molar-refractivity contribution >= 4 is 21.5 Å². The molecule has 3 heterocycles. The fourth-order valence-electron chi connectivity index (χ4n) is 5.80. The predicted octanol–water partition coefficient (Wildman–Crippen LogP) is 9.91. The van der Waals surface area contributed by atoms with Gasteiger partial charge in [-0.05, 0) is 57.9 Å². The maximum absolute atomic E-state index is 5.19. The summed E-state index contributed by atoms with van der Waals surface area (Å²) >= 11 is 0. The molecule has 8 rings (SSSR count). The molecule has 8 aromatic rings. The number of hydrogen-bond donors (Lipinski definition) is 0. The molecule has 0 radical (unpaired) electrons. The lowest BCUT2D eigenvalue weighted by Crippen LogP contribution is -1.97. The van der Waals surface area contributed by atoms with Crippen molar-refractivity contribution in [3.8, 4) is 56.4 Å². The molecule has 0 aliphatic rings. The molecule has 0 atom stereocenters. The third-order valence-corrected chi connectivity index (χ3v) is 8.02. The van der Waals surface area contributed by atoms with Crippen LogP contribution in [-0.4, -0.2) is 19.9 Å². The van der Waals surface area contributed by atoms with Crippen LogP contribution in [-0.2, 0) is 0 Å². The Labute approximate surface area is 255 Å². The summed E-state index contributed by atoms with van der Waals surface area (Å²) in [7, 11) is 0. The minimum atomic E-state index is 0.677. The van der Waals surface area contributed by atoms with E-state index in [9.17, 15) is 0 Å². The van der Waals surface area contributed by atoms with Gasteiger partial charge in [-0.3, -0.25) is 9.97 Å². The molecule has 0 aliphatic carbocycles.